The largest absolute Gasteiger partial charge is 0.333 e. The van der Waals surface area contributed by atoms with Gasteiger partial charge in [0.2, 0.25) is 0 Å². The molecule has 7 nitrogen and oxygen atoms in total. The molecule has 1 aromatic carbocycles. The van der Waals surface area contributed by atoms with Crippen molar-refractivity contribution in [3.05, 3.63) is 40.6 Å². The lowest BCUT2D eigenvalue weighted by atomic mass is 9.99. The lowest BCUT2D eigenvalue weighted by molar-refractivity contribution is 0.256. The van der Waals surface area contributed by atoms with Crippen LogP contribution < -0.4 is 10.0 Å². The Balaban J connectivity index is 1.38. The molecule has 1 fully saturated rings. The van der Waals surface area contributed by atoms with Gasteiger partial charge in [0.05, 0.1) is 6.04 Å². The minimum atomic E-state index is -3.99. The first-order valence-electron chi connectivity index (χ1n) is 9.57. The van der Waals surface area contributed by atoms with Crippen LogP contribution in [0.25, 0.3) is 0 Å². The highest BCUT2D eigenvalue weighted by Crippen LogP contribution is 2.38. The molecule has 0 radical (unpaired) electrons. The van der Waals surface area contributed by atoms with Gasteiger partial charge >= 0.3 is 6.03 Å². The van der Waals surface area contributed by atoms with E-state index in [1.807, 2.05) is 0 Å². The molecule has 2 N–H and O–H groups in total. The van der Waals surface area contributed by atoms with Gasteiger partial charge < -0.3 is 5.32 Å². The van der Waals surface area contributed by atoms with Gasteiger partial charge in [-0.1, -0.05) is 6.07 Å². The first-order valence-corrected chi connectivity index (χ1v) is 11.0. The number of nitrogens with one attached hydrogen (secondary N) is 2. The number of urea groups is 1. The second-order valence-electron chi connectivity index (χ2n) is 7.66. The summed E-state index contributed by atoms with van der Waals surface area (Å²) in [6.07, 6.45) is 9.73. The summed E-state index contributed by atoms with van der Waals surface area (Å²) in [7, 11) is -3.99. The van der Waals surface area contributed by atoms with Gasteiger partial charge in [0.1, 0.15) is 0 Å². The van der Waals surface area contributed by atoms with Crippen LogP contribution in [0.15, 0.2) is 23.4 Å². The average molecular weight is 386 g/mol. The maximum atomic E-state index is 12.5. The molecule has 1 heterocycles. The van der Waals surface area contributed by atoms with Gasteiger partial charge in [-0.3, -0.25) is 4.68 Å². The van der Waals surface area contributed by atoms with Crippen LogP contribution in [0.2, 0.25) is 0 Å². The maximum absolute atomic E-state index is 12.5. The average Bonchev–Trinajstić information content (AvgIpc) is 3.05. The molecule has 0 unspecified atom stereocenters. The third kappa shape index (κ3) is 3.01. The fourth-order valence-electron chi connectivity index (χ4n) is 4.29. The van der Waals surface area contributed by atoms with E-state index in [1.165, 1.54) is 28.3 Å². The zero-order valence-electron chi connectivity index (χ0n) is 15.0. The number of carbonyl (C=O) groups excluding carboxylic acids is 1. The first kappa shape index (κ1) is 16.8. The van der Waals surface area contributed by atoms with E-state index >= 15 is 0 Å². The van der Waals surface area contributed by atoms with Crippen LogP contribution in [-0.2, 0) is 35.7 Å². The van der Waals surface area contributed by atoms with E-state index in [-0.39, 0.29) is 11.1 Å². The summed E-state index contributed by atoms with van der Waals surface area (Å²) in [5.41, 5.74) is 5.74. The number of rotatable bonds is 4. The Kier molecular flexibility index (Phi) is 3.79. The second kappa shape index (κ2) is 6.09. The standard InChI is InChI=1S/C19H22N4O3S/c24-19(22-27(25,26)17-9-10-23(21-17)14-7-8-14)20-18-15-5-1-3-12(15)11-13-4-2-6-16(13)18/h9-11,14H,1-8H2,(H2,20,22,24). The number of aryl methyl sites for hydroxylation is 2. The molecule has 142 valence electrons. The lowest BCUT2D eigenvalue weighted by Gasteiger charge is -2.16. The summed E-state index contributed by atoms with van der Waals surface area (Å²) in [5.74, 6) is 0. The molecule has 5 rings (SSSR count). The van der Waals surface area contributed by atoms with Crippen LogP contribution >= 0.6 is 0 Å². The molecule has 3 aliphatic carbocycles. The third-order valence-electron chi connectivity index (χ3n) is 5.72. The SMILES string of the molecule is O=C(Nc1c2c(cc3c1CCC3)CCC2)NS(=O)(=O)c1ccn(C2CC2)n1. The summed E-state index contributed by atoms with van der Waals surface area (Å²) >= 11 is 0. The fourth-order valence-corrected chi connectivity index (χ4v) is 5.13. The van der Waals surface area contributed by atoms with Gasteiger partial charge in [-0.05, 0) is 79.7 Å². The van der Waals surface area contributed by atoms with Crippen molar-refractivity contribution in [2.75, 3.05) is 5.32 Å². The van der Waals surface area contributed by atoms with Crippen LogP contribution in [0.1, 0.15) is 54.0 Å². The van der Waals surface area contributed by atoms with Gasteiger partial charge in [0, 0.05) is 11.9 Å². The quantitative estimate of drug-likeness (QED) is 0.845. The van der Waals surface area contributed by atoms with Crippen LogP contribution in [0, 0.1) is 0 Å². The van der Waals surface area contributed by atoms with Crippen molar-refractivity contribution < 1.29 is 13.2 Å². The molecule has 0 bridgehead atoms. The predicted octanol–water partition coefficient (Wildman–Crippen LogP) is 2.71. The Morgan fingerprint density at radius 3 is 2.37 bits per heavy atom. The van der Waals surface area contributed by atoms with E-state index in [2.05, 4.69) is 21.2 Å². The van der Waals surface area contributed by atoms with Crippen LogP contribution in [0.3, 0.4) is 0 Å². The highest BCUT2D eigenvalue weighted by atomic mass is 32.2. The van der Waals surface area contributed by atoms with Crippen LogP contribution in [0.4, 0.5) is 10.5 Å². The molecule has 0 saturated heterocycles. The Hall–Kier alpha value is -2.35. The zero-order chi connectivity index (χ0) is 18.6. The smallest absolute Gasteiger partial charge is 0.307 e. The number of benzene rings is 1. The van der Waals surface area contributed by atoms with Crippen molar-refractivity contribution in [2.24, 2.45) is 0 Å². The third-order valence-corrected chi connectivity index (χ3v) is 6.94. The highest BCUT2D eigenvalue weighted by Gasteiger charge is 2.29. The summed E-state index contributed by atoms with van der Waals surface area (Å²) < 4.78 is 28.8. The summed E-state index contributed by atoms with van der Waals surface area (Å²) in [5, 5.41) is 6.84. The normalized spacial score (nSPS) is 18.2. The topological polar surface area (TPSA) is 93.1 Å². The number of amides is 2. The van der Waals surface area contributed by atoms with Crippen molar-refractivity contribution in [2.45, 2.75) is 62.4 Å². The molecule has 1 aromatic heterocycles. The molecule has 2 aromatic rings. The molecule has 8 heteroatoms. The van der Waals surface area contributed by atoms with Crippen molar-refractivity contribution in [1.29, 1.82) is 0 Å². The number of hydrogen-bond donors (Lipinski definition) is 2. The molecule has 0 aliphatic heterocycles. The number of nitrogens with zero attached hydrogens (tertiary/aromatic N) is 2. The molecule has 27 heavy (non-hydrogen) atoms. The fraction of sp³-hybridized carbons (Fsp3) is 0.474. The van der Waals surface area contributed by atoms with Gasteiger partial charge in [0.25, 0.3) is 10.0 Å². The number of anilines is 1. The van der Waals surface area contributed by atoms with E-state index in [0.717, 1.165) is 57.1 Å². The van der Waals surface area contributed by atoms with E-state index in [1.54, 1.807) is 10.9 Å². The van der Waals surface area contributed by atoms with Crippen molar-refractivity contribution >= 4 is 21.7 Å². The number of sulfonamides is 1. The van der Waals surface area contributed by atoms with Crippen LogP contribution in [0.5, 0.6) is 0 Å². The van der Waals surface area contributed by atoms with Gasteiger partial charge in [-0.25, -0.2) is 9.52 Å². The maximum Gasteiger partial charge on any atom is 0.333 e. The monoisotopic (exact) mass is 386 g/mol. The molecule has 2 amide bonds. The number of carbonyl (C=O) groups is 1. The molecular formula is C19H22N4O3S. The Morgan fingerprint density at radius 1 is 1.07 bits per heavy atom. The molecule has 0 spiro atoms. The molecular weight excluding hydrogens is 364 g/mol. The lowest BCUT2D eigenvalue weighted by Crippen LogP contribution is -2.35. The molecule has 1 saturated carbocycles. The van der Waals surface area contributed by atoms with Gasteiger partial charge in [-0.15, -0.1) is 0 Å². The minimum Gasteiger partial charge on any atom is -0.307 e. The zero-order valence-corrected chi connectivity index (χ0v) is 15.8. The second-order valence-corrected chi connectivity index (χ2v) is 9.29. The summed E-state index contributed by atoms with van der Waals surface area (Å²) in [4.78, 5) is 12.5. The molecule has 0 atom stereocenters. The highest BCUT2D eigenvalue weighted by molar-refractivity contribution is 7.90. The van der Waals surface area contributed by atoms with Crippen molar-refractivity contribution in [3.63, 3.8) is 0 Å². The number of aromatic nitrogens is 2. The van der Waals surface area contributed by atoms with Crippen molar-refractivity contribution in [3.8, 4) is 0 Å². The Morgan fingerprint density at radius 2 is 1.74 bits per heavy atom. The summed E-state index contributed by atoms with van der Waals surface area (Å²) in [6.45, 7) is 0. The predicted molar refractivity (Wildman–Crippen MR) is 100 cm³/mol. The van der Waals surface area contributed by atoms with Gasteiger partial charge in [0.15, 0.2) is 5.03 Å². The molecule has 3 aliphatic rings. The Bertz CT molecular complexity index is 1010. The van der Waals surface area contributed by atoms with E-state index in [4.69, 9.17) is 0 Å². The first-order chi connectivity index (χ1) is 13.0. The van der Waals surface area contributed by atoms with Crippen LogP contribution in [-0.4, -0.2) is 24.2 Å². The number of fused-ring (bicyclic) bond motifs is 2. The van der Waals surface area contributed by atoms with E-state index < -0.39 is 16.1 Å². The summed E-state index contributed by atoms with van der Waals surface area (Å²) in [6, 6.07) is 3.28. The number of hydrogen-bond acceptors (Lipinski definition) is 4. The van der Waals surface area contributed by atoms with Gasteiger partial charge in [-0.2, -0.15) is 13.5 Å². The minimum absolute atomic E-state index is 0.118. The Labute approximate surface area is 158 Å². The van der Waals surface area contributed by atoms with Crippen molar-refractivity contribution in [1.82, 2.24) is 14.5 Å². The van der Waals surface area contributed by atoms with E-state index in [9.17, 15) is 13.2 Å². The van der Waals surface area contributed by atoms with E-state index in [0.29, 0.717) is 0 Å².